The van der Waals surface area contributed by atoms with Crippen LogP contribution in [0.5, 0.6) is 0 Å². The van der Waals surface area contributed by atoms with Crippen molar-refractivity contribution in [2.24, 2.45) is 23.2 Å². The molecule has 1 N–H and O–H groups in total. The van der Waals surface area contributed by atoms with Gasteiger partial charge >= 0.3 is 6.18 Å². The predicted molar refractivity (Wildman–Crippen MR) is 106 cm³/mol. The minimum absolute atomic E-state index is 0.0618. The fourth-order valence-electron chi connectivity index (χ4n) is 6.38. The summed E-state index contributed by atoms with van der Waals surface area (Å²) in [6.45, 7) is 0.115. The van der Waals surface area contributed by atoms with Gasteiger partial charge < -0.3 is 10.2 Å². The van der Waals surface area contributed by atoms with Crippen LogP contribution in [0.4, 0.5) is 13.2 Å². The SMILES string of the molecule is CN(Cc1ccc(C(F)(F)F)cc1)C(=O)CNC(=O)CC12CC3CC(CC(C3)C1)C2. The molecule has 0 atom stereocenters. The molecule has 30 heavy (non-hydrogen) atoms. The molecule has 1 aromatic rings. The van der Waals surface area contributed by atoms with Gasteiger partial charge in [-0.15, -0.1) is 0 Å². The first-order valence-electron chi connectivity index (χ1n) is 10.8. The third-order valence-corrected chi connectivity index (χ3v) is 7.26. The lowest BCUT2D eigenvalue weighted by atomic mass is 9.49. The molecule has 0 aromatic heterocycles. The molecular weight excluding hydrogens is 393 g/mol. The highest BCUT2D eigenvalue weighted by atomic mass is 19.4. The normalized spacial score (nSPS) is 29.7. The summed E-state index contributed by atoms with van der Waals surface area (Å²) in [7, 11) is 1.59. The van der Waals surface area contributed by atoms with Crippen LogP contribution in [-0.2, 0) is 22.3 Å². The van der Waals surface area contributed by atoms with E-state index in [9.17, 15) is 22.8 Å². The average molecular weight is 422 g/mol. The molecule has 0 radical (unpaired) electrons. The van der Waals surface area contributed by atoms with E-state index in [1.54, 1.807) is 7.05 Å². The number of likely N-dealkylation sites (N-methyl/N-ethyl adjacent to an activating group) is 1. The number of rotatable bonds is 6. The Morgan fingerprint density at radius 1 is 1.03 bits per heavy atom. The lowest BCUT2D eigenvalue weighted by Crippen LogP contribution is -2.48. The van der Waals surface area contributed by atoms with Crippen molar-refractivity contribution in [3.8, 4) is 0 Å². The van der Waals surface area contributed by atoms with E-state index < -0.39 is 11.7 Å². The van der Waals surface area contributed by atoms with E-state index in [2.05, 4.69) is 5.32 Å². The first kappa shape index (κ1) is 21.2. The van der Waals surface area contributed by atoms with Crippen LogP contribution in [0, 0.1) is 23.2 Å². The minimum atomic E-state index is -4.37. The zero-order valence-electron chi connectivity index (χ0n) is 17.3. The smallest absolute Gasteiger partial charge is 0.347 e. The second-order valence-electron chi connectivity index (χ2n) is 9.82. The summed E-state index contributed by atoms with van der Waals surface area (Å²) >= 11 is 0. The first-order valence-corrected chi connectivity index (χ1v) is 10.8. The fourth-order valence-corrected chi connectivity index (χ4v) is 6.38. The van der Waals surface area contributed by atoms with E-state index in [1.807, 2.05) is 0 Å². The summed E-state index contributed by atoms with van der Waals surface area (Å²) in [6, 6.07) is 4.78. The maximum atomic E-state index is 12.7. The van der Waals surface area contributed by atoms with Gasteiger partial charge in [-0.05, 0) is 79.4 Å². The van der Waals surface area contributed by atoms with Gasteiger partial charge in [-0.3, -0.25) is 9.59 Å². The van der Waals surface area contributed by atoms with Gasteiger partial charge in [-0.25, -0.2) is 0 Å². The number of carbonyl (C=O) groups excluding carboxylic acids is 2. The molecule has 0 spiro atoms. The van der Waals surface area contributed by atoms with Gasteiger partial charge in [-0.1, -0.05) is 12.1 Å². The molecule has 4 saturated carbocycles. The summed E-state index contributed by atoms with van der Waals surface area (Å²) in [5.41, 5.74) is 0.0319. The van der Waals surface area contributed by atoms with Crippen molar-refractivity contribution in [2.45, 2.75) is 57.7 Å². The van der Waals surface area contributed by atoms with Gasteiger partial charge in [0.05, 0.1) is 12.1 Å². The third-order valence-electron chi connectivity index (χ3n) is 7.26. The largest absolute Gasteiger partial charge is 0.416 e. The Hall–Kier alpha value is -2.05. The van der Waals surface area contributed by atoms with E-state index in [-0.39, 0.29) is 30.3 Å². The fraction of sp³-hybridized carbons (Fsp3) is 0.652. The van der Waals surface area contributed by atoms with Crippen LogP contribution in [0.2, 0.25) is 0 Å². The predicted octanol–water partition coefficient (Wildman–Crippen LogP) is 4.39. The number of hydrogen-bond donors (Lipinski definition) is 1. The maximum Gasteiger partial charge on any atom is 0.416 e. The monoisotopic (exact) mass is 422 g/mol. The van der Waals surface area contributed by atoms with E-state index >= 15 is 0 Å². The number of nitrogens with zero attached hydrogens (tertiary/aromatic N) is 1. The number of hydrogen-bond acceptors (Lipinski definition) is 2. The Morgan fingerprint density at radius 3 is 2.07 bits per heavy atom. The van der Waals surface area contributed by atoms with Gasteiger partial charge in [-0.2, -0.15) is 13.2 Å². The van der Waals surface area contributed by atoms with Crippen molar-refractivity contribution in [3.63, 3.8) is 0 Å². The summed E-state index contributed by atoms with van der Waals surface area (Å²) in [6.07, 6.45) is 3.56. The molecule has 4 fully saturated rings. The summed E-state index contributed by atoms with van der Waals surface area (Å²) in [5, 5.41) is 2.77. The van der Waals surface area contributed by atoms with E-state index in [4.69, 9.17) is 0 Å². The van der Waals surface area contributed by atoms with Crippen molar-refractivity contribution in [1.29, 1.82) is 0 Å². The number of carbonyl (C=O) groups is 2. The van der Waals surface area contributed by atoms with E-state index in [0.717, 1.165) is 49.1 Å². The zero-order valence-corrected chi connectivity index (χ0v) is 17.3. The Kier molecular flexibility index (Phi) is 5.58. The van der Waals surface area contributed by atoms with Crippen molar-refractivity contribution in [2.75, 3.05) is 13.6 Å². The molecule has 4 nitrogen and oxygen atoms in total. The number of amides is 2. The van der Waals surface area contributed by atoms with Crippen LogP contribution in [0.1, 0.15) is 56.1 Å². The minimum Gasteiger partial charge on any atom is -0.347 e. The summed E-state index contributed by atoms with van der Waals surface area (Å²) in [4.78, 5) is 26.4. The van der Waals surface area contributed by atoms with E-state index in [0.29, 0.717) is 12.0 Å². The van der Waals surface area contributed by atoms with Crippen LogP contribution < -0.4 is 5.32 Å². The standard InChI is InChI=1S/C23H29F3N2O2/c1-28(14-15-2-4-19(5-3-15)23(24,25)26)21(30)13-27-20(29)12-22-9-16-6-17(10-22)8-18(7-16)11-22/h2-5,16-18H,6-14H2,1H3,(H,27,29). The van der Waals surface area contributed by atoms with Crippen LogP contribution in [-0.4, -0.2) is 30.3 Å². The van der Waals surface area contributed by atoms with Crippen molar-refractivity contribution in [3.05, 3.63) is 35.4 Å². The van der Waals surface area contributed by atoms with Gasteiger partial charge in [0.25, 0.3) is 0 Å². The van der Waals surface area contributed by atoms with Gasteiger partial charge in [0, 0.05) is 20.0 Å². The molecule has 0 heterocycles. The second-order valence-corrected chi connectivity index (χ2v) is 9.82. The highest BCUT2D eigenvalue weighted by Gasteiger charge is 2.51. The van der Waals surface area contributed by atoms with Gasteiger partial charge in [0.1, 0.15) is 0 Å². The third kappa shape index (κ3) is 4.65. The molecule has 0 saturated heterocycles. The topological polar surface area (TPSA) is 49.4 Å². The zero-order chi connectivity index (χ0) is 21.5. The number of nitrogens with one attached hydrogen (secondary N) is 1. The lowest BCUT2D eigenvalue weighted by molar-refractivity contribution is -0.137. The quantitative estimate of drug-likeness (QED) is 0.739. The molecule has 4 aliphatic rings. The molecule has 5 rings (SSSR count). The Labute approximate surface area is 175 Å². The van der Waals surface area contributed by atoms with Crippen LogP contribution in [0.15, 0.2) is 24.3 Å². The highest BCUT2D eigenvalue weighted by molar-refractivity contribution is 5.84. The molecule has 2 amide bonds. The van der Waals surface area contributed by atoms with Crippen LogP contribution in [0.3, 0.4) is 0 Å². The molecule has 7 heteroatoms. The molecule has 0 aliphatic heterocycles. The molecular formula is C23H29F3N2O2. The molecule has 164 valence electrons. The molecule has 4 aliphatic carbocycles. The van der Waals surface area contributed by atoms with Gasteiger partial charge in [0.15, 0.2) is 0 Å². The first-order chi connectivity index (χ1) is 14.1. The Bertz CT molecular complexity index is 768. The molecule has 1 aromatic carbocycles. The molecule has 4 bridgehead atoms. The van der Waals surface area contributed by atoms with Crippen molar-refractivity contribution in [1.82, 2.24) is 10.2 Å². The second kappa shape index (κ2) is 7.89. The average Bonchev–Trinajstić information content (AvgIpc) is 2.64. The van der Waals surface area contributed by atoms with E-state index in [1.165, 1.54) is 36.3 Å². The van der Waals surface area contributed by atoms with Gasteiger partial charge in [0.2, 0.25) is 11.8 Å². The van der Waals surface area contributed by atoms with Crippen LogP contribution >= 0.6 is 0 Å². The summed E-state index contributed by atoms with van der Waals surface area (Å²) < 4.78 is 38.0. The number of halogens is 3. The van der Waals surface area contributed by atoms with Crippen molar-refractivity contribution >= 4 is 11.8 Å². The Balaban J connectivity index is 1.24. The van der Waals surface area contributed by atoms with Crippen LogP contribution in [0.25, 0.3) is 0 Å². The molecule has 0 unspecified atom stereocenters. The number of alkyl halides is 3. The summed E-state index contributed by atoms with van der Waals surface area (Å²) in [5.74, 6) is 2.02. The maximum absolute atomic E-state index is 12.7. The number of benzene rings is 1. The highest BCUT2D eigenvalue weighted by Crippen LogP contribution is 2.61. The van der Waals surface area contributed by atoms with Crippen molar-refractivity contribution < 1.29 is 22.8 Å². The lowest BCUT2D eigenvalue weighted by Gasteiger charge is -2.56. The Morgan fingerprint density at radius 2 is 1.57 bits per heavy atom.